The number of amides is 8. The number of aromatic nitrogens is 3. The number of phenols is 1. The van der Waals surface area contributed by atoms with E-state index in [0.717, 1.165) is 0 Å². The molecule has 5 aromatic rings. The number of nitrogens with two attached hydrogens (primary N) is 5. The summed E-state index contributed by atoms with van der Waals surface area (Å²) in [5, 5.41) is 50.5. The van der Waals surface area contributed by atoms with E-state index in [1.54, 1.807) is 72.9 Å². The van der Waals surface area contributed by atoms with Crippen LogP contribution in [-0.2, 0) is 73.6 Å². The number of carbonyl (C=O) groups is 10. The van der Waals surface area contributed by atoms with Crippen LogP contribution in [0.1, 0.15) is 60.9 Å². The van der Waals surface area contributed by atoms with E-state index in [1.807, 2.05) is 0 Å². The summed E-state index contributed by atoms with van der Waals surface area (Å²) in [5.41, 5.74) is 31.0. The van der Waals surface area contributed by atoms with Gasteiger partial charge in [0, 0.05) is 79.3 Å². The second kappa shape index (κ2) is 36.6. The van der Waals surface area contributed by atoms with Gasteiger partial charge < -0.3 is 96.5 Å². The molecule has 0 saturated heterocycles. The van der Waals surface area contributed by atoms with Crippen molar-refractivity contribution in [3.63, 3.8) is 0 Å². The van der Waals surface area contributed by atoms with Crippen LogP contribution in [0, 0.1) is 0 Å². The normalized spacial score (nSPS) is 14.0. The van der Waals surface area contributed by atoms with Crippen LogP contribution in [0.4, 0.5) is 0 Å². The summed E-state index contributed by atoms with van der Waals surface area (Å²) >= 11 is 8.34. The lowest BCUT2D eigenvalue weighted by Gasteiger charge is -2.28. The van der Waals surface area contributed by atoms with Crippen molar-refractivity contribution in [3.8, 4) is 5.75 Å². The number of H-pyrrole nitrogens is 2. The highest BCUT2D eigenvalue weighted by Crippen LogP contribution is 2.20. The number of nitrogens with one attached hydrogen (secondary N) is 10. The number of hydrogen-bond acceptors (Lipinski definition) is 17. The Morgan fingerprint density at radius 1 is 0.505 bits per heavy atom. The van der Waals surface area contributed by atoms with Gasteiger partial charge in [-0.05, 0) is 73.4 Å². The molecule has 0 unspecified atom stereocenters. The number of benzene rings is 3. The predicted octanol–water partition coefficient (Wildman–Crippen LogP) is -3.01. The van der Waals surface area contributed by atoms with E-state index in [4.69, 9.17) is 28.7 Å². The number of phenolic OH excluding ortho intramolecular Hbond substituents is 1. The van der Waals surface area contributed by atoms with Crippen molar-refractivity contribution in [2.75, 3.05) is 24.6 Å². The lowest BCUT2D eigenvalue weighted by Crippen LogP contribution is -2.61. The van der Waals surface area contributed by atoms with E-state index in [9.17, 15) is 63.3 Å². The standard InChI is InChI=1S/C58H78N18O13S2/c59-37(22-32-14-16-35(77)17-15-32)48(80)69-39(12-6-20-65-57(60)61)50(82)75-45(28-90)55(87)71-41(18-19-47(78)79)51(83)74-44(25-34-27-64-30-68-34)54(86)72-42(23-31-8-2-1-3-9-31)52(84)70-40(13-7-21-66-58(62)63)49(81)73-43(53(85)76-46(29-91)56(88)89)24-33-26-67-38-11-5-4-10-36(33)38/h1-5,8-11,14-17,26-27,30,37,39-46,67,77,90-91H,6-7,12-13,18-25,28-29,59H2,(H,64,68)(H,69,80)(H,70,84)(H,71,87)(H,72,86)(H,73,81)(H,74,83)(H,75,82)(H,76,85)(H,78,79)(H,88,89)(H4,60,61,65)(H4,62,63,66)/t37-,39-,40-,41-,42+,43-,44-,45-,46-/m0/s1. The lowest BCUT2D eigenvalue weighted by molar-refractivity contribution is -0.141. The van der Waals surface area contributed by atoms with Crippen molar-refractivity contribution >= 4 is 107 Å². The molecule has 0 aliphatic rings. The number of aromatic hydroxyl groups is 1. The van der Waals surface area contributed by atoms with Crippen molar-refractivity contribution in [2.24, 2.45) is 38.7 Å². The van der Waals surface area contributed by atoms with Crippen LogP contribution in [0.2, 0.25) is 0 Å². The summed E-state index contributed by atoms with van der Waals surface area (Å²) in [5.74, 6) is -11.3. The topological polar surface area (TPSA) is 527 Å². The molecule has 2 aromatic heterocycles. The quantitative estimate of drug-likeness (QED) is 0.00810. The summed E-state index contributed by atoms with van der Waals surface area (Å²) in [6.07, 6.45) is 2.42. The molecule has 0 aliphatic heterocycles. The Balaban J connectivity index is 1.40. The van der Waals surface area contributed by atoms with Crippen LogP contribution in [0.15, 0.2) is 108 Å². The van der Waals surface area contributed by atoms with Gasteiger partial charge in [-0.25, -0.2) is 9.78 Å². The van der Waals surface area contributed by atoms with Crippen molar-refractivity contribution < 1.29 is 63.3 Å². The highest BCUT2D eigenvalue weighted by Gasteiger charge is 2.36. The van der Waals surface area contributed by atoms with E-state index >= 15 is 0 Å². The van der Waals surface area contributed by atoms with Crippen molar-refractivity contribution in [1.82, 2.24) is 57.5 Å². The number of fused-ring (bicyclic) bond motifs is 1. The number of carbonyl (C=O) groups excluding carboxylic acids is 8. The minimum atomic E-state index is -1.70. The molecule has 91 heavy (non-hydrogen) atoms. The Hall–Kier alpha value is -9.89. The van der Waals surface area contributed by atoms with E-state index in [0.29, 0.717) is 33.3 Å². The third kappa shape index (κ3) is 24.2. The number of hydrogen-bond donors (Lipinski definition) is 20. The second-order valence-corrected chi connectivity index (χ2v) is 21.8. The molecular weight excluding hydrogens is 1220 g/mol. The molecule has 9 atom stereocenters. The smallest absolute Gasteiger partial charge is 0.327 e. The van der Waals surface area contributed by atoms with Gasteiger partial charge in [-0.3, -0.25) is 53.1 Å². The minimum absolute atomic E-state index is 0.00583. The van der Waals surface area contributed by atoms with Gasteiger partial charge in [0.25, 0.3) is 0 Å². The number of imidazole rings is 1. The summed E-state index contributed by atoms with van der Waals surface area (Å²) in [6, 6.07) is 8.28. The number of rotatable bonds is 38. The van der Waals surface area contributed by atoms with Gasteiger partial charge in [-0.2, -0.15) is 25.3 Å². The monoisotopic (exact) mass is 1300 g/mol. The molecule has 2 heterocycles. The maximum atomic E-state index is 14.8. The zero-order valence-corrected chi connectivity index (χ0v) is 51.2. The number of carboxylic acid groups (broad SMARTS) is 2. The van der Waals surface area contributed by atoms with E-state index in [1.165, 1.54) is 24.7 Å². The first-order valence-electron chi connectivity index (χ1n) is 28.7. The fourth-order valence-corrected chi connectivity index (χ4v) is 9.74. The molecule has 3 aromatic carbocycles. The molecule has 0 saturated carbocycles. The number of aliphatic carboxylic acids is 2. The van der Waals surface area contributed by atoms with Gasteiger partial charge in [-0.15, -0.1) is 0 Å². The maximum Gasteiger partial charge on any atom is 0.327 e. The van der Waals surface area contributed by atoms with Crippen molar-refractivity contribution in [1.29, 1.82) is 0 Å². The Morgan fingerprint density at radius 3 is 1.47 bits per heavy atom. The molecule has 0 fully saturated rings. The largest absolute Gasteiger partial charge is 0.508 e. The van der Waals surface area contributed by atoms with Crippen LogP contribution in [0.25, 0.3) is 10.9 Å². The van der Waals surface area contributed by atoms with E-state index in [2.05, 4.69) is 92.7 Å². The first-order valence-corrected chi connectivity index (χ1v) is 30.0. The highest BCUT2D eigenvalue weighted by molar-refractivity contribution is 7.80. The first-order chi connectivity index (χ1) is 43.4. The second-order valence-electron chi connectivity index (χ2n) is 21.0. The minimum Gasteiger partial charge on any atom is -0.508 e. The first kappa shape index (κ1) is 71.9. The molecule has 23 N–H and O–H groups in total. The van der Waals surface area contributed by atoms with Crippen LogP contribution in [-0.4, -0.2) is 180 Å². The van der Waals surface area contributed by atoms with Crippen molar-refractivity contribution in [3.05, 3.63) is 120 Å². The number of aliphatic imine (C=N–C) groups is 2. The Bertz CT molecular complexity index is 3330. The van der Waals surface area contributed by atoms with E-state index in [-0.39, 0.29) is 93.6 Å². The molecule has 0 aliphatic carbocycles. The zero-order valence-electron chi connectivity index (χ0n) is 49.4. The average molecular weight is 1300 g/mol. The molecule has 490 valence electrons. The van der Waals surface area contributed by atoms with Gasteiger partial charge in [0.05, 0.1) is 12.4 Å². The molecule has 31 nitrogen and oxygen atoms in total. The molecule has 0 bridgehead atoms. The number of guanidine groups is 2. The van der Waals surface area contributed by atoms with Crippen LogP contribution < -0.4 is 71.2 Å². The summed E-state index contributed by atoms with van der Waals surface area (Å²) in [6.45, 7) is 0.0405. The van der Waals surface area contributed by atoms with Crippen LogP contribution >= 0.6 is 25.3 Å². The highest BCUT2D eigenvalue weighted by atomic mass is 32.1. The van der Waals surface area contributed by atoms with Gasteiger partial charge in [0.15, 0.2) is 11.9 Å². The molecule has 8 amide bonds. The van der Waals surface area contributed by atoms with Gasteiger partial charge >= 0.3 is 11.9 Å². The Labute approximate surface area is 533 Å². The SMILES string of the molecule is NC(N)=NCCC[C@H](NC(=O)[C@@H](N)Cc1ccc(O)cc1)C(=O)N[C@@H](CS)C(=O)N[C@@H](CCC(=O)O)C(=O)N[C@@H](Cc1cnc[nH]1)C(=O)N[C@H](Cc1ccccc1)C(=O)N[C@@H](CCCN=C(N)N)C(=O)N[C@@H](Cc1c[nH]c2ccccc12)C(=O)N[C@@H](CS)C(=O)O. The van der Waals surface area contributed by atoms with Gasteiger partial charge in [0.1, 0.15) is 54.1 Å². The molecule has 33 heteroatoms. The van der Waals surface area contributed by atoms with Crippen LogP contribution in [0.3, 0.4) is 0 Å². The molecule has 0 radical (unpaired) electrons. The number of nitrogens with zero attached hydrogens (tertiary/aromatic N) is 3. The average Bonchev–Trinajstić information content (AvgIpc) is 1.90. The number of thiol groups is 2. The number of para-hydroxylation sites is 1. The fourth-order valence-electron chi connectivity index (χ4n) is 9.24. The Kier molecular flexibility index (Phi) is 28.9. The summed E-state index contributed by atoms with van der Waals surface area (Å²) in [4.78, 5) is 156. The molecular formula is C58H78N18O13S2. The Morgan fingerprint density at radius 2 is 0.956 bits per heavy atom. The molecule has 0 spiro atoms. The van der Waals surface area contributed by atoms with Crippen molar-refractivity contribution in [2.45, 2.75) is 119 Å². The third-order valence-electron chi connectivity index (χ3n) is 14.0. The molecule has 5 rings (SSSR count). The third-order valence-corrected chi connectivity index (χ3v) is 14.8. The van der Waals surface area contributed by atoms with Gasteiger partial charge in [-0.1, -0.05) is 60.7 Å². The zero-order chi connectivity index (χ0) is 66.6. The maximum absolute atomic E-state index is 14.8. The van der Waals surface area contributed by atoms with Gasteiger partial charge in [0.2, 0.25) is 47.3 Å². The number of aromatic amines is 2. The fraction of sp³-hybridized carbons (Fsp3) is 0.397. The predicted molar refractivity (Wildman–Crippen MR) is 342 cm³/mol. The summed E-state index contributed by atoms with van der Waals surface area (Å²) < 4.78 is 0. The van der Waals surface area contributed by atoms with E-state index < -0.39 is 126 Å². The lowest BCUT2D eigenvalue weighted by atomic mass is 10.0. The van der Waals surface area contributed by atoms with Crippen LogP contribution in [0.5, 0.6) is 5.75 Å². The summed E-state index contributed by atoms with van der Waals surface area (Å²) in [7, 11) is 0. The number of carboxylic acids is 2.